The highest BCUT2D eigenvalue weighted by Crippen LogP contribution is 2.26. The van der Waals surface area contributed by atoms with Crippen LogP contribution < -0.4 is 9.64 Å². The Morgan fingerprint density at radius 3 is 2.69 bits per heavy atom. The third kappa shape index (κ3) is 4.67. The number of anilines is 1. The summed E-state index contributed by atoms with van der Waals surface area (Å²) in [5, 5.41) is 5.55. The summed E-state index contributed by atoms with van der Waals surface area (Å²) in [6.45, 7) is 9.54. The zero-order chi connectivity index (χ0) is 20.4. The number of nitrogens with zero attached hydrogens (tertiary/aromatic N) is 6. The lowest BCUT2D eigenvalue weighted by atomic mass is 9.93. The number of aromatic nitrogens is 5. The second-order valence-electron chi connectivity index (χ2n) is 8.52. The predicted octanol–water partition coefficient (Wildman–Crippen LogP) is 3.32. The van der Waals surface area contributed by atoms with Crippen LogP contribution in [0.1, 0.15) is 45.1 Å². The Balaban J connectivity index is 1.30. The maximum atomic E-state index is 6.01. The second kappa shape index (κ2) is 8.23. The third-order valence-corrected chi connectivity index (χ3v) is 5.96. The molecule has 4 heterocycles. The van der Waals surface area contributed by atoms with E-state index in [1.807, 2.05) is 22.8 Å². The van der Waals surface area contributed by atoms with Crippen molar-refractivity contribution in [1.29, 1.82) is 0 Å². The minimum absolute atomic E-state index is 0.0000392. The summed E-state index contributed by atoms with van der Waals surface area (Å²) in [5.74, 6) is 1.92. The summed E-state index contributed by atoms with van der Waals surface area (Å²) >= 11 is 1.45. The number of fused-ring (bicyclic) bond motifs is 1. The van der Waals surface area contributed by atoms with Gasteiger partial charge in [-0.05, 0) is 24.8 Å². The van der Waals surface area contributed by atoms with Gasteiger partial charge in [0, 0.05) is 43.2 Å². The van der Waals surface area contributed by atoms with Crippen molar-refractivity contribution in [3.05, 3.63) is 29.8 Å². The lowest BCUT2D eigenvalue weighted by Crippen LogP contribution is -2.35. The number of imidazole rings is 1. The van der Waals surface area contributed by atoms with E-state index in [-0.39, 0.29) is 5.41 Å². The van der Waals surface area contributed by atoms with Crippen molar-refractivity contribution in [2.75, 3.05) is 31.7 Å². The summed E-state index contributed by atoms with van der Waals surface area (Å²) in [7, 11) is 1.66. The maximum absolute atomic E-state index is 6.01. The number of methoxy groups -OCH3 is 1. The van der Waals surface area contributed by atoms with Crippen molar-refractivity contribution in [2.45, 2.75) is 45.6 Å². The van der Waals surface area contributed by atoms with Crippen LogP contribution in [0.25, 0.3) is 5.65 Å². The van der Waals surface area contributed by atoms with Crippen LogP contribution in [0.15, 0.2) is 18.3 Å². The molecule has 9 heteroatoms. The molecular formula is C20H28N6O2S. The number of hydrogen-bond acceptors (Lipinski definition) is 8. The Morgan fingerprint density at radius 1 is 1.17 bits per heavy atom. The Labute approximate surface area is 175 Å². The van der Waals surface area contributed by atoms with Crippen molar-refractivity contribution in [2.24, 2.45) is 5.92 Å². The zero-order valence-electron chi connectivity index (χ0n) is 17.5. The number of ether oxygens (including phenoxy) is 2. The fraction of sp³-hybridized carbons (Fsp3) is 0.600. The van der Waals surface area contributed by atoms with Crippen molar-refractivity contribution in [3.8, 4) is 5.88 Å². The van der Waals surface area contributed by atoms with E-state index in [0.29, 0.717) is 25.0 Å². The first-order valence-corrected chi connectivity index (χ1v) is 10.8. The highest BCUT2D eigenvalue weighted by atomic mass is 32.1. The molecule has 0 aliphatic carbocycles. The van der Waals surface area contributed by atoms with E-state index >= 15 is 0 Å². The molecule has 0 spiro atoms. The second-order valence-corrected chi connectivity index (χ2v) is 9.25. The molecule has 0 N–H and O–H groups in total. The lowest BCUT2D eigenvalue weighted by molar-refractivity contribution is 0.179. The van der Waals surface area contributed by atoms with Crippen LogP contribution in [0, 0.1) is 5.92 Å². The van der Waals surface area contributed by atoms with E-state index in [1.165, 1.54) is 11.5 Å². The summed E-state index contributed by atoms with van der Waals surface area (Å²) in [6, 6.07) is 3.87. The molecule has 0 amide bonds. The minimum Gasteiger partial charge on any atom is -0.476 e. The van der Waals surface area contributed by atoms with E-state index in [1.54, 1.807) is 7.11 Å². The third-order valence-electron chi connectivity index (χ3n) is 5.15. The zero-order valence-corrected chi connectivity index (χ0v) is 18.3. The van der Waals surface area contributed by atoms with Crippen LogP contribution in [0.3, 0.4) is 0 Å². The molecule has 1 saturated heterocycles. The van der Waals surface area contributed by atoms with E-state index in [4.69, 9.17) is 9.47 Å². The first-order chi connectivity index (χ1) is 13.9. The van der Waals surface area contributed by atoms with Crippen molar-refractivity contribution in [1.82, 2.24) is 24.0 Å². The van der Waals surface area contributed by atoms with Gasteiger partial charge in [0.2, 0.25) is 11.0 Å². The van der Waals surface area contributed by atoms with Gasteiger partial charge in [-0.15, -0.1) is 5.10 Å². The molecule has 0 unspecified atom stereocenters. The number of rotatable bonds is 6. The van der Waals surface area contributed by atoms with Crippen LogP contribution >= 0.6 is 11.5 Å². The molecule has 1 fully saturated rings. The molecule has 0 saturated carbocycles. The van der Waals surface area contributed by atoms with E-state index in [9.17, 15) is 0 Å². The standard InChI is InChI=1S/C20H28N6O2S/c1-20(2,3)15-11-26-17(21-15)5-6-18(23-26)28-12-14-7-9-25(10-8-14)19-22-16(13-27-4)24-29-19/h5-6,11,14H,7-10,12-13H2,1-4H3. The minimum atomic E-state index is -0.0000392. The lowest BCUT2D eigenvalue weighted by Gasteiger charge is -2.31. The van der Waals surface area contributed by atoms with Gasteiger partial charge in [0.05, 0.1) is 18.5 Å². The molecule has 0 aromatic carbocycles. The van der Waals surface area contributed by atoms with Crippen molar-refractivity contribution < 1.29 is 9.47 Å². The Kier molecular flexibility index (Phi) is 5.69. The smallest absolute Gasteiger partial charge is 0.231 e. The van der Waals surface area contributed by atoms with Crippen molar-refractivity contribution in [3.63, 3.8) is 0 Å². The van der Waals surface area contributed by atoms with Gasteiger partial charge in [0.15, 0.2) is 11.5 Å². The molecule has 1 aliphatic heterocycles. The van der Waals surface area contributed by atoms with Crippen LogP contribution in [0.2, 0.25) is 0 Å². The molecule has 156 valence electrons. The van der Waals surface area contributed by atoms with E-state index in [2.05, 4.69) is 45.1 Å². The highest BCUT2D eigenvalue weighted by Gasteiger charge is 2.23. The maximum Gasteiger partial charge on any atom is 0.231 e. The fourth-order valence-corrected chi connectivity index (χ4v) is 4.08. The largest absolute Gasteiger partial charge is 0.476 e. The van der Waals surface area contributed by atoms with Crippen LogP contribution in [0.5, 0.6) is 5.88 Å². The van der Waals surface area contributed by atoms with Gasteiger partial charge in [0.1, 0.15) is 6.61 Å². The molecule has 0 radical (unpaired) electrons. The molecule has 0 atom stereocenters. The topological polar surface area (TPSA) is 77.7 Å². The van der Waals surface area contributed by atoms with E-state index in [0.717, 1.165) is 48.2 Å². The first-order valence-electron chi connectivity index (χ1n) is 9.98. The van der Waals surface area contributed by atoms with E-state index < -0.39 is 0 Å². The molecule has 3 aromatic rings. The van der Waals surface area contributed by atoms with Gasteiger partial charge >= 0.3 is 0 Å². The average Bonchev–Trinajstić information content (AvgIpc) is 3.33. The quantitative estimate of drug-likeness (QED) is 0.610. The fourth-order valence-electron chi connectivity index (χ4n) is 3.36. The Morgan fingerprint density at radius 2 is 1.97 bits per heavy atom. The Bertz CT molecular complexity index is 955. The summed E-state index contributed by atoms with van der Waals surface area (Å²) in [4.78, 5) is 11.5. The molecule has 3 aromatic heterocycles. The molecule has 29 heavy (non-hydrogen) atoms. The molecule has 8 nitrogen and oxygen atoms in total. The predicted molar refractivity (Wildman–Crippen MR) is 113 cm³/mol. The number of hydrogen-bond donors (Lipinski definition) is 0. The highest BCUT2D eigenvalue weighted by molar-refractivity contribution is 7.09. The molecular weight excluding hydrogens is 388 g/mol. The van der Waals surface area contributed by atoms with Gasteiger partial charge in [-0.2, -0.15) is 4.37 Å². The molecule has 1 aliphatic rings. The molecule has 4 rings (SSSR count). The van der Waals surface area contributed by atoms with Crippen LogP contribution in [-0.4, -0.2) is 50.8 Å². The van der Waals surface area contributed by atoms with Crippen molar-refractivity contribution >= 4 is 22.3 Å². The summed E-state index contributed by atoms with van der Waals surface area (Å²) in [6.07, 6.45) is 4.13. The van der Waals surface area contributed by atoms with Crippen LogP contribution in [0.4, 0.5) is 5.13 Å². The summed E-state index contributed by atoms with van der Waals surface area (Å²) in [5.41, 5.74) is 1.88. The van der Waals surface area contributed by atoms with Gasteiger partial charge in [-0.25, -0.2) is 14.5 Å². The van der Waals surface area contributed by atoms with Crippen LogP contribution in [-0.2, 0) is 16.8 Å². The van der Waals surface area contributed by atoms with Gasteiger partial charge < -0.3 is 14.4 Å². The molecule has 0 bridgehead atoms. The first kappa shape index (κ1) is 20.0. The monoisotopic (exact) mass is 416 g/mol. The Hall–Kier alpha value is -2.26. The van der Waals surface area contributed by atoms with Gasteiger partial charge in [0.25, 0.3) is 0 Å². The number of piperidine rings is 1. The van der Waals surface area contributed by atoms with Gasteiger partial charge in [-0.1, -0.05) is 20.8 Å². The SMILES string of the molecule is COCc1nsc(N2CCC(COc3ccc4nc(C(C)(C)C)cn4n3)CC2)n1. The average molecular weight is 417 g/mol. The summed E-state index contributed by atoms with van der Waals surface area (Å²) < 4.78 is 17.3. The normalized spacial score (nSPS) is 15.9. The van der Waals surface area contributed by atoms with Gasteiger partial charge in [-0.3, -0.25) is 0 Å².